The molecule has 0 spiro atoms. The Morgan fingerprint density at radius 3 is 2.87 bits per heavy atom. The van der Waals surface area contributed by atoms with Crippen LogP contribution in [0.15, 0.2) is 35.4 Å². The van der Waals surface area contributed by atoms with E-state index in [9.17, 15) is 14.0 Å². The van der Waals surface area contributed by atoms with Gasteiger partial charge in [0.15, 0.2) is 5.01 Å². The highest BCUT2D eigenvalue weighted by Gasteiger charge is 2.28. The number of hydrogen-bond acceptors (Lipinski definition) is 6. The first-order chi connectivity index (χ1) is 14.4. The molecule has 30 heavy (non-hydrogen) atoms. The van der Waals surface area contributed by atoms with Gasteiger partial charge in [-0.1, -0.05) is 23.5 Å². The summed E-state index contributed by atoms with van der Waals surface area (Å²) in [6.45, 7) is 4.61. The fourth-order valence-corrected chi connectivity index (χ4v) is 4.58. The van der Waals surface area contributed by atoms with Crippen LogP contribution in [-0.4, -0.2) is 43.6 Å². The van der Waals surface area contributed by atoms with Gasteiger partial charge in [0.25, 0.3) is 5.56 Å². The average molecular weight is 428 g/mol. The van der Waals surface area contributed by atoms with E-state index in [-0.39, 0.29) is 29.7 Å². The van der Waals surface area contributed by atoms with Gasteiger partial charge >= 0.3 is 0 Å². The van der Waals surface area contributed by atoms with Crippen molar-refractivity contribution in [3.63, 3.8) is 0 Å². The van der Waals surface area contributed by atoms with Gasteiger partial charge in [-0.25, -0.2) is 9.37 Å². The van der Waals surface area contributed by atoms with Gasteiger partial charge in [0, 0.05) is 35.8 Å². The predicted octanol–water partition coefficient (Wildman–Crippen LogP) is 2.92. The van der Waals surface area contributed by atoms with E-state index >= 15 is 0 Å². The van der Waals surface area contributed by atoms with Gasteiger partial charge in [-0.15, -0.1) is 10.2 Å². The number of rotatable bonds is 4. The summed E-state index contributed by atoms with van der Waals surface area (Å²) in [5.41, 5.74) is 1.47. The summed E-state index contributed by atoms with van der Waals surface area (Å²) >= 11 is 1.37. The van der Waals surface area contributed by atoms with Gasteiger partial charge in [0.1, 0.15) is 17.4 Å². The standard InChI is InChI=1S/C21H22FN5O2S/c1-13-14(2)23-12-27(21(13)29)11-18(28)26-9-5-6-15(10-26)19-24-25-20(30-19)16-7-3-4-8-17(16)22/h3-4,7-8,12,15H,5-6,9-11H2,1-2H3. The number of amides is 1. The average Bonchev–Trinajstić information content (AvgIpc) is 3.24. The summed E-state index contributed by atoms with van der Waals surface area (Å²) in [4.78, 5) is 31.1. The van der Waals surface area contributed by atoms with Crippen LogP contribution >= 0.6 is 11.3 Å². The molecule has 1 aliphatic heterocycles. The van der Waals surface area contributed by atoms with Gasteiger partial charge in [0.2, 0.25) is 5.91 Å². The predicted molar refractivity (Wildman–Crippen MR) is 112 cm³/mol. The molecule has 0 bridgehead atoms. The Labute approximate surface area is 177 Å². The molecule has 1 atom stereocenters. The second-order valence-electron chi connectivity index (χ2n) is 7.49. The molecule has 3 aromatic rings. The number of carbonyl (C=O) groups is 1. The minimum atomic E-state index is -0.326. The van der Waals surface area contributed by atoms with Crippen molar-refractivity contribution in [3.05, 3.63) is 63.0 Å². The summed E-state index contributed by atoms with van der Waals surface area (Å²) in [6.07, 6.45) is 3.15. The molecular weight excluding hydrogens is 405 g/mol. The second-order valence-corrected chi connectivity index (χ2v) is 8.50. The molecule has 0 radical (unpaired) electrons. The number of nitrogens with zero attached hydrogens (tertiary/aromatic N) is 5. The summed E-state index contributed by atoms with van der Waals surface area (Å²) in [5, 5.41) is 9.77. The normalized spacial score (nSPS) is 16.6. The molecule has 1 saturated heterocycles. The van der Waals surface area contributed by atoms with Crippen LogP contribution in [0, 0.1) is 19.7 Å². The highest BCUT2D eigenvalue weighted by Crippen LogP contribution is 2.33. The maximum Gasteiger partial charge on any atom is 0.256 e. The quantitative estimate of drug-likeness (QED) is 0.640. The molecule has 1 fully saturated rings. The lowest BCUT2D eigenvalue weighted by molar-refractivity contribution is -0.133. The molecule has 0 N–H and O–H groups in total. The molecule has 1 aromatic carbocycles. The third-order valence-electron chi connectivity index (χ3n) is 5.49. The molecule has 0 aliphatic carbocycles. The molecule has 3 heterocycles. The van der Waals surface area contributed by atoms with Gasteiger partial charge in [-0.05, 0) is 38.8 Å². The number of piperidine rings is 1. The minimum Gasteiger partial charge on any atom is -0.340 e. The summed E-state index contributed by atoms with van der Waals surface area (Å²) in [7, 11) is 0. The third kappa shape index (κ3) is 4.02. The van der Waals surface area contributed by atoms with Crippen molar-refractivity contribution in [3.8, 4) is 10.6 Å². The Morgan fingerprint density at radius 2 is 2.07 bits per heavy atom. The van der Waals surface area contributed by atoms with Gasteiger partial charge < -0.3 is 4.90 Å². The minimum absolute atomic E-state index is 0.0315. The largest absolute Gasteiger partial charge is 0.340 e. The smallest absolute Gasteiger partial charge is 0.256 e. The van der Waals surface area contributed by atoms with Crippen LogP contribution in [-0.2, 0) is 11.3 Å². The Kier molecular flexibility index (Phi) is 5.72. The topological polar surface area (TPSA) is 81.0 Å². The van der Waals surface area contributed by atoms with Crippen LogP contribution in [0.5, 0.6) is 0 Å². The Bertz CT molecular complexity index is 1140. The summed E-state index contributed by atoms with van der Waals surface area (Å²) < 4.78 is 15.4. The van der Waals surface area contributed by atoms with Crippen LogP contribution in [0.1, 0.15) is 35.0 Å². The fourth-order valence-electron chi connectivity index (χ4n) is 3.58. The van der Waals surface area contributed by atoms with E-state index < -0.39 is 0 Å². The van der Waals surface area contributed by atoms with E-state index in [2.05, 4.69) is 15.2 Å². The zero-order valence-corrected chi connectivity index (χ0v) is 17.7. The number of carbonyl (C=O) groups excluding carboxylic acids is 1. The van der Waals surface area contributed by atoms with Crippen molar-refractivity contribution < 1.29 is 9.18 Å². The van der Waals surface area contributed by atoms with E-state index in [4.69, 9.17) is 0 Å². The lowest BCUT2D eigenvalue weighted by Crippen LogP contribution is -2.42. The van der Waals surface area contributed by atoms with Crippen LogP contribution < -0.4 is 5.56 Å². The molecular formula is C21H22FN5O2S. The van der Waals surface area contributed by atoms with E-state index in [0.717, 1.165) is 17.8 Å². The SMILES string of the molecule is Cc1ncn(CC(=O)N2CCCC(c3nnc(-c4ccccc4F)s3)C2)c(=O)c1C. The molecule has 1 aliphatic rings. The highest BCUT2D eigenvalue weighted by atomic mass is 32.1. The number of hydrogen-bond donors (Lipinski definition) is 0. The van der Waals surface area contributed by atoms with Crippen LogP contribution in [0.3, 0.4) is 0 Å². The van der Waals surface area contributed by atoms with Gasteiger partial charge in [0.05, 0.1) is 6.33 Å². The fraction of sp³-hybridized carbons (Fsp3) is 0.381. The molecule has 1 unspecified atom stereocenters. The van der Waals surface area contributed by atoms with Crippen molar-refractivity contribution in [2.75, 3.05) is 13.1 Å². The maximum atomic E-state index is 14.0. The first-order valence-corrected chi connectivity index (χ1v) is 10.6. The summed E-state index contributed by atoms with van der Waals surface area (Å²) in [5.74, 6) is -0.394. The number of benzene rings is 1. The summed E-state index contributed by atoms with van der Waals surface area (Å²) in [6, 6.07) is 6.50. The van der Waals surface area contributed by atoms with Gasteiger partial charge in [-0.3, -0.25) is 14.2 Å². The molecule has 2 aromatic heterocycles. The Balaban J connectivity index is 1.47. The number of likely N-dealkylation sites (tertiary alicyclic amines) is 1. The number of aromatic nitrogens is 4. The molecule has 1 amide bonds. The van der Waals surface area contributed by atoms with E-state index in [1.165, 1.54) is 28.3 Å². The van der Waals surface area contributed by atoms with Crippen molar-refractivity contribution in [2.45, 2.75) is 39.2 Å². The van der Waals surface area contributed by atoms with E-state index in [1.807, 2.05) is 0 Å². The zero-order valence-electron chi connectivity index (χ0n) is 16.8. The lowest BCUT2D eigenvalue weighted by atomic mass is 9.99. The number of halogens is 1. The van der Waals surface area contributed by atoms with Crippen molar-refractivity contribution in [1.82, 2.24) is 24.6 Å². The van der Waals surface area contributed by atoms with E-state index in [1.54, 1.807) is 36.9 Å². The molecule has 156 valence electrons. The molecule has 7 nitrogen and oxygen atoms in total. The van der Waals surface area contributed by atoms with Crippen LogP contribution in [0.4, 0.5) is 4.39 Å². The van der Waals surface area contributed by atoms with Crippen molar-refractivity contribution >= 4 is 17.2 Å². The lowest BCUT2D eigenvalue weighted by Gasteiger charge is -2.31. The Morgan fingerprint density at radius 1 is 1.27 bits per heavy atom. The Hall–Kier alpha value is -2.94. The molecule has 0 saturated carbocycles. The first-order valence-electron chi connectivity index (χ1n) is 9.82. The second kappa shape index (κ2) is 8.43. The monoisotopic (exact) mass is 427 g/mol. The number of aryl methyl sites for hydroxylation is 1. The molecule has 9 heteroatoms. The highest BCUT2D eigenvalue weighted by molar-refractivity contribution is 7.14. The van der Waals surface area contributed by atoms with Crippen molar-refractivity contribution in [2.24, 2.45) is 0 Å². The zero-order chi connectivity index (χ0) is 21.3. The maximum absolute atomic E-state index is 14.0. The third-order valence-corrected chi connectivity index (χ3v) is 6.61. The van der Waals surface area contributed by atoms with E-state index in [0.29, 0.717) is 34.9 Å². The first kappa shape index (κ1) is 20.3. The van der Waals surface area contributed by atoms with Crippen LogP contribution in [0.25, 0.3) is 10.6 Å². The van der Waals surface area contributed by atoms with Crippen molar-refractivity contribution in [1.29, 1.82) is 0 Å². The van der Waals surface area contributed by atoms with Gasteiger partial charge in [-0.2, -0.15) is 0 Å². The van der Waals surface area contributed by atoms with Crippen LogP contribution in [0.2, 0.25) is 0 Å². The molecule has 4 rings (SSSR count).